The molecule has 2 rings (SSSR count). The highest BCUT2D eigenvalue weighted by Gasteiger charge is 2.38. The summed E-state index contributed by atoms with van der Waals surface area (Å²) in [6, 6.07) is 9.52. The molecule has 0 aromatic heterocycles. The van der Waals surface area contributed by atoms with Gasteiger partial charge in [0.05, 0.1) is 12.0 Å². The second-order valence-electron chi connectivity index (χ2n) is 4.65. The van der Waals surface area contributed by atoms with Gasteiger partial charge in [-0.3, -0.25) is 4.79 Å². The van der Waals surface area contributed by atoms with Crippen molar-refractivity contribution in [1.29, 1.82) is 0 Å². The van der Waals surface area contributed by atoms with Gasteiger partial charge in [0.2, 0.25) is 5.91 Å². The number of hydrogen-bond donors (Lipinski definition) is 0. The number of cyclic esters (lactones) is 1. The maximum absolute atomic E-state index is 12.1. The molecule has 1 saturated heterocycles. The first-order chi connectivity index (χ1) is 9.13. The summed E-state index contributed by atoms with van der Waals surface area (Å²) in [4.78, 5) is 25.0. The molecule has 2 amide bonds. The average Bonchev–Trinajstić information content (AvgIpc) is 2.79. The Morgan fingerprint density at radius 2 is 2.21 bits per heavy atom. The Labute approximate surface area is 112 Å². The Kier molecular flexibility index (Phi) is 4.00. The molecule has 0 N–H and O–H groups in total. The molecule has 1 aromatic rings. The van der Waals surface area contributed by atoms with Crippen molar-refractivity contribution in [3.63, 3.8) is 0 Å². The van der Waals surface area contributed by atoms with Gasteiger partial charge in [0, 0.05) is 0 Å². The van der Waals surface area contributed by atoms with E-state index in [2.05, 4.69) is 6.58 Å². The SMILES string of the molecule is C=C[C@H](C)C(=O)N1C(=O)OC[C@@H]1Cc1ccccc1. The molecule has 4 heteroatoms. The highest BCUT2D eigenvalue weighted by molar-refractivity contribution is 5.95. The Hall–Kier alpha value is -2.10. The van der Waals surface area contributed by atoms with Crippen molar-refractivity contribution < 1.29 is 14.3 Å². The molecule has 19 heavy (non-hydrogen) atoms. The number of hydrogen-bond acceptors (Lipinski definition) is 3. The van der Waals surface area contributed by atoms with Crippen molar-refractivity contribution in [2.24, 2.45) is 5.92 Å². The second-order valence-corrected chi connectivity index (χ2v) is 4.65. The van der Waals surface area contributed by atoms with Gasteiger partial charge in [0.25, 0.3) is 0 Å². The number of carbonyl (C=O) groups excluding carboxylic acids is 2. The fraction of sp³-hybridized carbons (Fsp3) is 0.333. The summed E-state index contributed by atoms with van der Waals surface area (Å²) in [5.74, 6) is -0.637. The van der Waals surface area contributed by atoms with Crippen LogP contribution in [0.2, 0.25) is 0 Å². The van der Waals surface area contributed by atoms with E-state index in [0.29, 0.717) is 6.42 Å². The predicted octanol–water partition coefficient (Wildman–Crippen LogP) is 2.40. The van der Waals surface area contributed by atoms with E-state index < -0.39 is 6.09 Å². The molecule has 4 nitrogen and oxygen atoms in total. The summed E-state index contributed by atoms with van der Waals surface area (Å²) < 4.78 is 5.00. The van der Waals surface area contributed by atoms with E-state index in [1.807, 2.05) is 30.3 Å². The summed E-state index contributed by atoms with van der Waals surface area (Å²) >= 11 is 0. The Bertz CT molecular complexity index is 483. The van der Waals surface area contributed by atoms with Crippen LogP contribution in [0.1, 0.15) is 12.5 Å². The van der Waals surface area contributed by atoms with Gasteiger partial charge < -0.3 is 4.74 Å². The van der Waals surface area contributed by atoms with E-state index in [-0.39, 0.29) is 24.5 Å². The minimum atomic E-state index is -0.556. The van der Waals surface area contributed by atoms with E-state index in [0.717, 1.165) is 5.56 Å². The van der Waals surface area contributed by atoms with Gasteiger partial charge in [0.1, 0.15) is 6.61 Å². The lowest BCUT2D eigenvalue weighted by Gasteiger charge is -2.21. The lowest BCUT2D eigenvalue weighted by atomic mass is 10.0. The molecule has 0 spiro atoms. The molecular weight excluding hydrogens is 242 g/mol. The van der Waals surface area contributed by atoms with Gasteiger partial charge in [-0.05, 0) is 12.0 Å². The zero-order valence-corrected chi connectivity index (χ0v) is 10.9. The molecule has 2 atom stereocenters. The molecule has 0 bridgehead atoms. The van der Waals surface area contributed by atoms with Crippen LogP contribution in [0.3, 0.4) is 0 Å². The third-order valence-corrected chi connectivity index (χ3v) is 3.26. The van der Waals surface area contributed by atoms with Crippen LogP contribution in [-0.4, -0.2) is 29.5 Å². The van der Waals surface area contributed by atoms with Gasteiger partial charge in [-0.15, -0.1) is 6.58 Å². The van der Waals surface area contributed by atoms with Crippen molar-refractivity contribution in [2.75, 3.05) is 6.61 Å². The number of benzene rings is 1. The van der Waals surface area contributed by atoms with Crippen molar-refractivity contribution >= 4 is 12.0 Å². The van der Waals surface area contributed by atoms with E-state index in [1.165, 1.54) is 11.0 Å². The number of imide groups is 1. The van der Waals surface area contributed by atoms with Crippen LogP contribution in [0, 0.1) is 5.92 Å². The monoisotopic (exact) mass is 259 g/mol. The summed E-state index contributed by atoms with van der Waals surface area (Å²) in [6.07, 6.45) is 1.59. The minimum absolute atomic E-state index is 0.232. The van der Waals surface area contributed by atoms with Crippen LogP contribution >= 0.6 is 0 Å². The van der Waals surface area contributed by atoms with E-state index in [4.69, 9.17) is 4.74 Å². The molecular formula is C15H17NO3. The predicted molar refractivity (Wildman–Crippen MR) is 71.5 cm³/mol. The zero-order valence-electron chi connectivity index (χ0n) is 10.9. The van der Waals surface area contributed by atoms with Gasteiger partial charge in [-0.25, -0.2) is 9.69 Å². The number of nitrogens with zero attached hydrogens (tertiary/aromatic N) is 1. The summed E-state index contributed by atoms with van der Waals surface area (Å²) in [5, 5.41) is 0. The maximum atomic E-state index is 12.1. The topological polar surface area (TPSA) is 46.6 Å². The normalized spacial score (nSPS) is 19.9. The van der Waals surface area contributed by atoms with Gasteiger partial charge in [0.15, 0.2) is 0 Å². The third-order valence-electron chi connectivity index (χ3n) is 3.26. The summed E-state index contributed by atoms with van der Waals surface area (Å²) in [7, 11) is 0. The van der Waals surface area contributed by atoms with E-state index in [9.17, 15) is 9.59 Å². The van der Waals surface area contributed by atoms with Gasteiger partial charge in [-0.1, -0.05) is 43.3 Å². The van der Waals surface area contributed by atoms with Gasteiger partial charge >= 0.3 is 6.09 Å². The molecule has 1 aromatic carbocycles. The molecule has 100 valence electrons. The Morgan fingerprint density at radius 1 is 1.53 bits per heavy atom. The van der Waals surface area contributed by atoms with Crippen molar-refractivity contribution in [2.45, 2.75) is 19.4 Å². The first kappa shape index (κ1) is 13.3. The molecule has 1 aliphatic rings. The largest absolute Gasteiger partial charge is 0.447 e. The van der Waals surface area contributed by atoms with Crippen LogP contribution in [0.4, 0.5) is 4.79 Å². The molecule has 1 fully saturated rings. The van der Waals surface area contributed by atoms with E-state index >= 15 is 0 Å². The van der Waals surface area contributed by atoms with Crippen LogP contribution in [0.5, 0.6) is 0 Å². The average molecular weight is 259 g/mol. The molecule has 0 aliphatic carbocycles. The standard InChI is InChI=1S/C15H17NO3/c1-3-11(2)14(17)16-13(10-19-15(16)18)9-12-7-5-4-6-8-12/h3-8,11,13H,1,9-10H2,2H3/t11-,13-/m0/s1. The first-order valence-electron chi connectivity index (χ1n) is 6.29. The van der Waals surface area contributed by atoms with Crippen molar-refractivity contribution in [1.82, 2.24) is 4.90 Å². The maximum Gasteiger partial charge on any atom is 0.417 e. The van der Waals surface area contributed by atoms with Crippen molar-refractivity contribution in [3.8, 4) is 0 Å². The zero-order chi connectivity index (χ0) is 13.8. The number of amides is 2. The fourth-order valence-electron chi connectivity index (χ4n) is 2.09. The fourth-order valence-corrected chi connectivity index (χ4v) is 2.09. The quantitative estimate of drug-likeness (QED) is 0.780. The molecule has 0 radical (unpaired) electrons. The van der Waals surface area contributed by atoms with Crippen LogP contribution in [-0.2, 0) is 16.0 Å². The highest BCUT2D eigenvalue weighted by atomic mass is 16.6. The molecule has 1 aliphatic heterocycles. The lowest BCUT2D eigenvalue weighted by Crippen LogP contribution is -2.42. The van der Waals surface area contributed by atoms with E-state index in [1.54, 1.807) is 6.92 Å². The Balaban J connectivity index is 2.13. The van der Waals surface area contributed by atoms with Crippen molar-refractivity contribution in [3.05, 3.63) is 48.6 Å². The smallest absolute Gasteiger partial charge is 0.417 e. The number of ether oxygens (including phenoxy) is 1. The Morgan fingerprint density at radius 3 is 2.84 bits per heavy atom. The number of carbonyl (C=O) groups is 2. The van der Waals surface area contributed by atoms with Crippen LogP contribution in [0.15, 0.2) is 43.0 Å². The summed E-state index contributed by atoms with van der Waals surface area (Å²) in [6.45, 7) is 5.56. The minimum Gasteiger partial charge on any atom is -0.447 e. The highest BCUT2D eigenvalue weighted by Crippen LogP contribution is 2.20. The molecule has 0 unspecified atom stereocenters. The lowest BCUT2D eigenvalue weighted by molar-refractivity contribution is -0.131. The first-order valence-corrected chi connectivity index (χ1v) is 6.29. The van der Waals surface area contributed by atoms with Crippen LogP contribution in [0.25, 0.3) is 0 Å². The van der Waals surface area contributed by atoms with Gasteiger partial charge in [-0.2, -0.15) is 0 Å². The summed E-state index contributed by atoms with van der Waals surface area (Å²) in [5.41, 5.74) is 1.08. The third kappa shape index (κ3) is 2.84. The molecule has 1 heterocycles. The second kappa shape index (κ2) is 5.69. The van der Waals surface area contributed by atoms with Crippen LogP contribution < -0.4 is 0 Å². The molecule has 0 saturated carbocycles. The number of rotatable bonds is 4.